The molecule has 0 aliphatic carbocycles. The minimum absolute atomic E-state index is 0.276. The van der Waals surface area contributed by atoms with E-state index in [0.29, 0.717) is 22.9 Å². The molecule has 1 unspecified atom stereocenters. The van der Waals surface area contributed by atoms with E-state index in [-0.39, 0.29) is 11.3 Å². The molecule has 3 N–H and O–H groups in total. The number of carbonyl (C=O) groups is 2. The Hall–Kier alpha value is -3.62. The highest BCUT2D eigenvalue weighted by Crippen LogP contribution is 2.31. The van der Waals surface area contributed by atoms with Crippen molar-refractivity contribution in [2.75, 3.05) is 33.8 Å². The lowest BCUT2D eigenvalue weighted by atomic mass is 10.1. The Labute approximate surface area is 162 Å². The van der Waals surface area contributed by atoms with Crippen molar-refractivity contribution in [1.29, 1.82) is 0 Å². The van der Waals surface area contributed by atoms with E-state index in [9.17, 15) is 14.7 Å². The zero-order valence-corrected chi connectivity index (χ0v) is 15.9. The van der Waals surface area contributed by atoms with E-state index in [1.165, 1.54) is 34.5 Å². The van der Waals surface area contributed by atoms with Crippen LogP contribution in [0.2, 0.25) is 0 Å². The predicted molar refractivity (Wildman–Crippen MR) is 102 cm³/mol. The van der Waals surface area contributed by atoms with Crippen molar-refractivity contribution in [2.24, 2.45) is 0 Å². The lowest BCUT2D eigenvalue weighted by Crippen LogP contribution is -2.37. The molecule has 0 bridgehead atoms. The zero-order chi connectivity index (χ0) is 20.7. The third kappa shape index (κ3) is 4.76. The van der Waals surface area contributed by atoms with Crippen LogP contribution in [0.15, 0.2) is 36.4 Å². The average molecular weight is 390 g/mol. The van der Waals surface area contributed by atoms with Gasteiger partial charge in [0.25, 0.3) is 0 Å². The van der Waals surface area contributed by atoms with Gasteiger partial charge in [0, 0.05) is 23.4 Å². The summed E-state index contributed by atoms with van der Waals surface area (Å²) in [7, 11) is 5.86. The largest absolute Gasteiger partial charge is 0.497 e. The molecule has 0 saturated heterocycles. The monoisotopic (exact) mass is 390 g/mol. The van der Waals surface area contributed by atoms with Crippen molar-refractivity contribution in [3.8, 4) is 23.0 Å². The van der Waals surface area contributed by atoms with Gasteiger partial charge in [-0.1, -0.05) is 0 Å². The van der Waals surface area contributed by atoms with Crippen LogP contribution in [-0.4, -0.2) is 45.5 Å². The van der Waals surface area contributed by atoms with E-state index >= 15 is 0 Å². The number of carboxylic acid groups (broad SMARTS) is 1. The third-order valence-electron chi connectivity index (χ3n) is 3.92. The van der Waals surface area contributed by atoms with E-state index in [0.717, 1.165) is 0 Å². The molecule has 2 aromatic carbocycles. The number of aliphatic carboxylic acids is 1. The first-order chi connectivity index (χ1) is 13.4. The second-order valence-electron chi connectivity index (χ2n) is 5.55. The number of hydrogen-bond acceptors (Lipinski definition) is 6. The van der Waals surface area contributed by atoms with Crippen LogP contribution in [0.3, 0.4) is 0 Å². The summed E-state index contributed by atoms with van der Waals surface area (Å²) in [4.78, 5) is 24.1. The Kier molecular flexibility index (Phi) is 6.91. The van der Waals surface area contributed by atoms with Gasteiger partial charge < -0.3 is 34.7 Å². The van der Waals surface area contributed by atoms with Gasteiger partial charge in [-0.25, -0.2) is 9.59 Å². The highest BCUT2D eigenvalue weighted by atomic mass is 16.5. The van der Waals surface area contributed by atoms with Crippen molar-refractivity contribution in [3.05, 3.63) is 42.0 Å². The molecular formula is C19H22N2O7. The van der Waals surface area contributed by atoms with Crippen molar-refractivity contribution in [1.82, 2.24) is 5.32 Å². The van der Waals surface area contributed by atoms with E-state index in [1.54, 1.807) is 30.3 Å². The number of nitrogens with one attached hydrogen (secondary N) is 2. The lowest BCUT2D eigenvalue weighted by molar-refractivity contribution is -0.139. The summed E-state index contributed by atoms with van der Waals surface area (Å²) < 4.78 is 20.7. The predicted octanol–water partition coefficient (Wildman–Crippen LogP) is 2.67. The number of rotatable bonds is 8. The summed E-state index contributed by atoms with van der Waals surface area (Å²) in [5.74, 6) is 0.454. The van der Waals surface area contributed by atoms with Gasteiger partial charge in [-0.2, -0.15) is 0 Å². The Morgan fingerprint density at radius 2 is 1.54 bits per heavy atom. The molecule has 0 fully saturated rings. The first-order valence-corrected chi connectivity index (χ1v) is 8.17. The van der Waals surface area contributed by atoms with Crippen LogP contribution in [-0.2, 0) is 4.79 Å². The number of anilines is 1. The van der Waals surface area contributed by atoms with Crippen LogP contribution in [0.4, 0.5) is 10.5 Å². The van der Waals surface area contributed by atoms with Gasteiger partial charge in [0.15, 0.2) is 17.5 Å². The Balaban J connectivity index is 2.21. The minimum Gasteiger partial charge on any atom is -0.497 e. The summed E-state index contributed by atoms with van der Waals surface area (Å²) in [6, 6.07) is 7.38. The number of ether oxygens (including phenoxy) is 4. The van der Waals surface area contributed by atoms with Crippen LogP contribution in [0.25, 0.3) is 0 Å². The minimum atomic E-state index is -1.33. The van der Waals surface area contributed by atoms with Gasteiger partial charge in [-0.3, -0.25) is 0 Å². The highest BCUT2D eigenvalue weighted by molar-refractivity contribution is 5.93. The van der Waals surface area contributed by atoms with Crippen LogP contribution in [0.1, 0.15) is 11.6 Å². The number of hydrogen-bond donors (Lipinski definition) is 3. The standard InChI is InChI=1S/C19H22N2O7/c1-25-12-6-7-13(15(10-12)27-3)17(18(22)23)21-19(24)20-11-5-8-14(26-2)16(9-11)28-4/h5-10,17H,1-4H3,(H,22,23)(H2,20,21,24). The molecule has 0 radical (unpaired) electrons. The number of carbonyl (C=O) groups excluding carboxylic acids is 1. The topological polar surface area (TPSA) is 115 Å². The zero-order valence-electron chi connectivity index (χ0n) is 15.9. The second-order valence-corrected chi connectivity index (χ2v) is 5.55. The molecule has 1 atom stereocenters. The average Bonchev–Trinajstić information content (AvgIpc) is 2.71. The van der Waals surface area contributed by atoms with Crippen LogP contribution in [0.5, 0.6) is 23.0 Å². The first-order valence-electron chi connectivity index (χ1n) is 8.17. The molecule has 9 heteroatoms. The first kappa shape index (κ1) is 20.7. The number of amides is 2. The summed E-state index contributed by atoms with van der Waals surface area (Å²) in [5, 5.41) is 14.6. The molecule has 9 nitrogen and oxygen atoms in total. The molecule has 0 saturated carbocycles. The lowest BCUT2D eigenvalue weighted by Gasteiger charge is -2.19. The third-order valence-corrected chi connectivity index (χ3v) is 3.92. The van der Waals surface area contributed by atoms with Crippen LogP contribution < -0.4 is 29.6 Å². The van der Waals surface area contributed by atoms with Crippen molar-refractivity contribution in [3.63, 3.8) is 0 Å². The Morgan fingerprint density at radius 1 is 0.857 bits per heavy atom. The summed E-state index contributed by atoms with van der Waals surface area (Å²) >= 11 is 0. The van der Waals surface area contributed by atoms with Crippen LogP contribution >= 0.6 is 0 Å². The maximum absolute atomic E-state index is 12.4. The van der Waals surface area contributed by atoms with Crippen molar-refractivity contribution < 1.29 is 33.6 Å². The Bertz CT molecular complexity index is 854. The van der Waals surface area contributed by atoms with Gasteiger partial charge >= 0.3 is 12.0 Å². The molecule has 150 valence electrons. The van der Waals surface area contributed by atoms with Crippen molar-refractivity contribution >= 4 is 17.7 Å². The van der Waals surface area contributed by atoms with Gasteiger partial charge in [-0.15, -0.1) is 0 Å². The number of methoxy groups -OCH3 is 4. The van der Waals surface area contributed by atoms with Gasteiger partial charge in [0.1, 0.15) is 11.5 Å². The molecule has 0 aliphatic rings. The van der Waals surface area contributed by atoms with E-state index in [1.807, 2.05) is 0 Å². The number of carboxylic acids is 1. The second kappa shape index (κ2) is 9.36. The molecule has 2 rings (SSSR count). The fourth-order valence-electron chi connectivity index (χ4n) is 2.54. The molecule has 2 aromatic rings. The van der Waals surface area contributed by atoms with E-state index < -0.39 is 18.0 Å². The quantitative estimate of drug-likeness (QED) is 0.635. The maximum atomic E-state index is 12.4. The highest BCUT2D eigenvalue weighted by Gasteiger charge is 2.26. The molecule has 0 spiro atoms. The summed E-state index contributed by atoms with van der Waals surface area (Å²) in [6.07, 6.45) is 0. The van der Waals surface area contributed by atoms with Gasteiger partial charge in [0.2, 0.25) is 0 Å². The van der Waals surface area contributed by atoms with E-state index in [2.05, 4.69) is 10.6 Å². The fourth-order valence-corrected chi connectivity index (χ4v) is 2.54. The number of benzene rings is 2. The van der Waals surface area contributed by atoms with Crippen molar-refractivity contribution in [2.45, 2.75) is 6.04 Å². The smallest absolute Gasteiger partial charge is 0.331 e. The molecular weight excluding hydrogens is 368 g/mol. The molecule has 0 aliphatic heterocycles. The summed E-state index contributed by atoms with van der Waals surface area (Å²) in [5.41, 5.74) is 0.680. The maximum Gasteiger partial charge on any atom is 0.331 e. The fraction of sp³-hybridized carbons (Fsp3) is 0.263. The molecule has 0 aromatic heterocycles. The normalized spacial score (nSPS) is 11.1. The van der Waals surface area contributed by atoms with Crippen LogP contribution in [0, 0.1) is 0 Å². The van der Waals surface area contributed by atoms with E-state index in [4.69, 9.17) is 18.9 Å². The molecule has 2 amide bonds. The Morgan fingerprint density at radius 3 is 2.11 bits per heavy atom. The summed E-state index contributed by atoms with van der Waals surface area (Å²) in [6.45, 7) is 0. The molecule has 0 heterocycles. The van der Waals surface area contributed by atoms with Gasteiger partial charge in [0.05, 0.1) is 28.4 Å². The number of urea groups is 1. The molecule has 28 heavy (non-hydrogen) atoms. The van der Waals surface area contributed by atoms with Gasteiger partial charge in [-0.05, 0) is 24.3 Å². The SMILES string of the molecule is COc1ccc(C(NC(=O)Nc2ccc(OC)c(OC)c2)C(=O)O)c(OC)c1.